The van der Waals surface area contributed by atoms with E-state index in [1.807, 2.05) is 0 Å². The number of aryl methyl sites for hydroxylation is 1. The van der Waals surface area contributed by atoms with E-state index in [2.05, 4.69) is 43.4 Å². The molecule has 0 spiro atoms. The summed E-state index contributed by atoms with van der Waals surface area (Å²) in [5.74, 6) is 0. The Kier molecular flexibility index (Phi) is 7.65. The zero-order chi connectivity index (χ0) is 13.2. The number of hydrogen-bond donors (Lipinski definition) is 1. The van der Waals surface area contributed by atoms with Gasteiger partial charge in [-0.25, -0.2) is 0 Å². The Labute approximate surface area is 110 Å². The summed E-state index contributed by atoms with van der Waals surface area (Å²) < 4.78 is 10.5. The Morgan fingerprint density at radius 1 is 1.11 bits per heavy atom. The van der Waals surface area contributed by atoms with Crippen LogP contribution in [0.15, 0.2) is 24.3 Å². The van der Waals surface area contributed by atoms with Gasteiger partial charge in [-0.2, -0.15) is 0 Å². The van der Waals surface area contributed by atoms with E-state index in [-0.39, 0.29) is 0 Å². The van der Waals surface area contributed by atoms with Gasteiger partial charge in [-0.15, -0.1) is 0 Å². The molecule has 18 heavy (non-hydrogen) atoms. The molecular formula is C15H25NO2. The molecule has 1 aromatic carbocycles. The molecule has 1 rings (SSSR count). The number of ether oxygens (including phenoxy) is 2. The predicted octanol–water partition coefficient (Wildman–Crippen LogP) is 2.70. The molecule has 0 aliphatic heterocycles. The van der Waals surface area contributed by atoms with E-state index in [0.717, 1.165) is 32.8 Å². The number of benzene rings is 1. The molecule has 0 heterocycles. The highest BCUT2D eigenvalue weighted by molar-refractivity contribution is 5.23. The summed E-state index contributed by atoms with van der Waals surface area (Å²) in [4.78, 5) is 0. The number of methoxy groups -OCH3 is 1. The first kappa shape index (κ1) is 15.2. The lowest BCUT2D eigenvalue weighted by atomic mass is 10.1. The van der Waals surface area contributed by atoms with Gasteiger partial charge in [0.15, 0.2) is 0 Å². The first-order valence-corrected chi connectivity index (χ1v) is 6.60. The first-order valence-electron chi connectivity index (χ1n) is 6.60. The maximum atomic E-state index is 5.50. The zero-order valence-electron chi connectivity index (χ0n) is 11.7. The van der Waals surface area contributed by atoms with Crippen molar-refractivity contribution in [3.63, 3.8) is 0 Å². The second kappa shape index (κ2) is 9.09. The van der Waals surface area contributed by atoms with Crippen LogP contribution >= 0.6 is 0 Å². The van der Waals surface area contributed by atoms with Crippen molar-refractivity contribution in [2.75, 3.05) is 33.5 Å². The van der Waals surface area contributed by atoms with Gasteiger partial charge < -0.3 is 14.8 Å². The van der Waals surface area contributed by atoms with Crippen molar-refractivity contribution in [2.24, 2.45) is 0 Å². The molecule has 102 valence electrons. The third kappa shape index (κ3) is 6.15. The molecule has 0 aliphatic rings. The van der Waals surface area contributed by atoms with Crippen LogP contribution in [0.2, 0.25) is 0 Å². The van der Waals surface area contributed by atoms with Crippen LogP contribution < -0.4 is 5.32 Å². The van der Waals surface area contributed by atoms with Crippen molar-refractivity contribution in [1.82, 2.24) is 5.32 Å². The minimum atomic E-state index is 0.369. The fourth-order valence-corrected chi connectivity index (χ4v) is 1.73. The van der Waals surface area contributed by atoms with E-state index in [0.29, 0.717) is 6.04 Å². The van der Waals surface area contributed by atoms with Crippen molar-refractivity contribution >= 4 is 0 Å². The number of hydrogen-bond acceptors (Lipinski definition) is 3. The second-order valence-electron chi connectivity index (χ2n) is 4.55. The number of nitrogens with one attached hydrogen (secondary N) is 1. The van der Waals surface area contributed by atoms with Gasteiger partial charge in [-0.3, -0.25) is 0 Å². The molecule has 3 heteroatoms. The normalized spacial score (nSPS) is 12.6. The minimum absolute atomic E-state index is 0.369. The molecule has 0 unspecified atom stereocenters. The average Bonchev–Trinajstić information content (AvgIpc) is 2.38. The van der Waals surface area contributed by atoms with E-state index in [1.54, 1.807) is 7.11 Å². The van der Waals surface area contributed by atoms with E-state index in [1.165, 1.54) is 11.1 Å². The van der Waals surface area contributed by atoms with Gasteiger partial charge in [0, 0.05) is 32.9 Å². The summed E-state index contributed by atoms with van der Waals surface area (Å²) in [6.45, 7) is 7.45. The van der Waals surface area contributed by atoms with E-state index >= 15 is 0 Å². The second-order valence-corrected chi connectivity index (χ2v) is 4.55. The van der Waals surface area contributed by atoms with Crippen LogP contribution in [-0.2, 0) is 9.47 Å². The third-order valence-corrected chi connectivity index (χ3v) is 2.91. The summed E-state index contributed by atoms with van der Waals surface area (Å²) in [6, 6.07) is 9.01. The molecule has 0 aromatic heterocycles. The maximum absolute atomic E-state index is 5.50. The van der Waals surface area contributed by atoms with Gasteiger partial charge in [0.25, 0.3) is 0 Å². The minimum Gasteiger partial charge on any atom is -0.385 e. The molecule has 3 nitrogen and oxygen atoms in total. The van der Waals surface area contributed by atoms with Crippen molar-refractivity contribution < 1.29 is 9.47 Å². The van der Waals surface area contributed by atoms with Gasteiger partial charge >= 0.3 is 0 Å². The standard InChI is InChI=1S/C15H25NO2/c1-13-5-7-15(8-6-13)14(2)16-9-12-18-11-4-10-17-3/h5-8,14,16H,4,9-12H2,1-3H3/t14-/m1/s1. The van der Waals surface area contributed by atoms with Gasteiger partial charge in [-0.05, 0) is 25.8 Å². The molecule has 0 aliphatic carbocycles. The molecule has 0 amide bonds. The van der Waals surface area contributed by atoms with Crippen LogP contribution in [0.5, 0.6) is 0 Å². The Hall–Kier alpha value is -0.900. The Morgan fingerprint density at radius 2 is 1.83 bits per heavy atom. The summed E-state index contributed by atoms with van der Waals surface area (Å²) >= 11 is 0. The zero-order valence-corrected chi connectivity index (χ0v) is 11.7. The SMILES string of the molecule is COCCCOCCN[C@H](C)c1ccc(C)cc1. The van der Waals surface area contributed by atoms with Gasteiger partial charge in [-0.1, -0.05) is 29.8 Å². The monoisotopic (exact) mass is 251 g/mol. The first-order chi connectivity index (χ1) is 8.74. The fraction of sp³-hybridized carbons (Fsp3) is 0.600. The van der Waals surface area contributed by atoms with E-state index in [9.17, 15) is 0 Å². The predicted molar refractivity (Wildman–Crippen MR) is 74.9 cm³/mol. The van der Waals surface area contributed by atoms with Crippen molar-refractivity contribution in [3.05, 3.63) is 35.4 Å². The molecule has 1 aromatic rings. The molecule has 0 saturated heterocycles. The van der Waals surface area contributed by atoms with E-state index in [4.69, 9.17) is 9.47 Å². The third-order valence-electron chi connectivity index (χ3n) is 2.91. The Balaban J connectivity index is 2.10. The van der Waals surface area contributed by atoms with Crippen molar-refractivity contribution in [2.45, 2.75) is 26.3 Å². The number of rotatable bonds is 9. The van der Waals surface area contributed by atoms with Crippen LogP contribution in [0.25, 0.3) is 0 Å². The lowest BCUT2D eigenvalue weighted by Crippen LogP contribution is -2.23. The van der Waals surface area contributed by atoms with Crippen LogP contribution in [-0.4, -0.2) is 33.5 Å². The summed E-state index contributed by atoms with van der Waals surface area (Å²) in [7, 11) is 1.71. The Morgan fingerprint density at radius 3 is 2.50 bits per heavy atom. The van der Waals surface area contributed by atoms with Crippen LogP contribution in [0, 0.1) is 6.92 Å². The topological polar surface area (TPSA) is 30.5 Å². The highest BCUT2D eigenvalue weighted by Gasteiger charge is 2.03. The highest BCUT2D eigenvalue weighted by Crippen LogP contribution is 2.12. The molecule has 0 bridgehead atoms. The van der Waals surface area contributed by atoms with Gasteiger partial charge in [0.2, 0.25) is 0 Å². The molecule has 1 atom stereocenters. The molecule has 0 fully saturated rings. The van der Waals surface area contributed by atoms with Crippen LogP contribution in [0.3, 0.4) is 0 Å². The summed E-state index contributed by atoms with van der Waals surface area (Å²) in [6.07, 6.45) is 0.962. The lowest BCUT2D eigenvalue weighted by Gasteiger charge is -2.14. The average molecular weight is 251 g/mol. The molecule has 1 N–H and O–H groups in total. The quantitative estimate of drug-likeness (QED) is 0.685. The lowest BCUT2D eigenvalue weighted by molar-refractivity contribution is 0.103. The summed E-state index contributed by atoms with van der Waals surface area (Å²) in [5, 5.41) is 3.45. The largest absolute Gasteiger partial charge is 0.385 e. The Bertz CT molecular complexity index is 311. The van der Waals surface area contributed by atoms with E-state index < -0.39 is 0 Å². The molecule has 0 radical (unpaired) electrons. The van der Waals surface area contributed by atoms with Crippen LogP contribution in [0.4, 0.5) is 0 Å². The highest BCUT2D eigenvalue weighted by atomic mass is 16.5. The summed E-state index contributed by atoms with van der Waals surface area (Å²) in [5.41, 5.74) is 2.62. The van der Waals surface area contributed by atoms with Gasteiger partial charge in [0.1, 0.15) is 0 Å². The smallest absolute Gasteiger partial charge is 0.0591 e. The molecular weight excluding hydrogens is 226 g/mol. The van der Waals surface area contributed by atoms with Gasteiger partial charge in [0.05, 0.1) is 6.61 Å². The molecule has 0 saturated carbocycles. The van der Waals surface area contributed by atoms with Crippen molar-refractivity contribution in [1.29, 1.82) is 0 Å². The van der Waals surface area contributed by atoms with Crippen molar-refractivity contribution in [3.8, 4) is 0 Å². The van der Waals surface area contributed by atoms with Crippen LogP contribution in [0.1, 0.15) is 30.5 Å². The maximum Gasteiger partial charge on any atom is 0.0591 e. The fourth-order valence-electron chi connectivity index (χ4n) is 1.73.